The number of hydrogen-bond acceptors (Lipinski definition) is 4. The third-order valence-electron chi connectivity index (χ3n) is 2.47. The summed E-state index contributed by atoms with van der Waals surface area (Å²) in [6.45, 7) is 0. The second-order valence-electron chi connectivity index (χ2n) is 3.56. The van der Waals surface area contributed by atoms with E-state index in [2.05, 4.69) is 20.2 Å². The third kappa shape index (κ3) is 1.67. The average Bonchev–Trinajstić information content (AvgIpc) is 2.40. The van der Waals surface area contributed by atoms with Crippen molar-refractivity contribution in [2.75, 3.05) is 0 Å². The van der Waals surface area contributed by atoms with Crippen molar-refractivity contribution in [2.45, 2.75) is 0 Å². The van der Waals surface area contributed by atoms with Crippen LogP contribution in [-0.4, -0.2) is 20.2 Å². The van der Waals surface area contributed by atoms with Crippen LogP contribution in [0.3, 0.4) is 0 Å². The highest BCUT2D eigenvalue weighted by Crippen LogP contribution is 2.13. The molecule has 0 aliphatic rings. The maximum absolute atomic E-state index is 11.8. The SMILES string of the molecule is O=c1[nH]c(-c2ccnnc2)nc2ccccc12. The molecular weight excluding hydrogens is 216 g/mol. The average molecular weight is 224 g/mol. The van der Waals surface area contributed by atoms with Crippen molar-refractivity contribution in [3.8, 4) is 11.4 Å². The lowest BCUT2D eigenvalue weighted by atomic mass is 10.2. The van der Waals surface area contributed by atoms with E-state index >= 15 is 0 Å². The Labute approximate surface area is 96.2 Å². The zero-order chi connectivity index (χ0) is 11.7. The molecule has 5 heteroatoms. The quantitative estimate of drug-likeness (QED) is 0.677. The number of fused-ring (bicyclic) bond motifs is 1. The second kappa shape index (κ2) is 3.79. The van der Waals surface area contributed by atoms with Gasteiger partial charge >= 0.3 is 0 Å². The molecule has 0 radical (unpaired) electrons. The summed E-state index contributed by atoms with van der Waals surface area (Å²) in [5, 5.41) is 8.03. The lowest BCUT2D eigenvalue weighted by Crippen LogP contribution is -2.09. The van der Waals surface area contributed by atoms with Gasteiger partial charge in [-0.05, 0) is 18.2 Å². The summed E-state index contributed by atoms with van der Waals surface area (Å²) in [5.74, 6) is 0.503. The van der Waals surface area contributed by atoms with Crippen molar-refractivity contribution in [1.82, 2.24) is 20.2 Å². The van der Waals surface area contributed by atoms with Gasteiger partial charge in [-0.3, -0.25) is 4.79 Å². The van der Waals surface area contributed by atoms with Crippen LogP contribution < -0.4 is 5.56 Å². The topological polar surface area (TPSA) is 71.5 Å². The van der Waals surface area contributed by atoms with E-state index < -0.39 is 0 Å². The summed E-state index contributed by atoms with van der Waals surface area (Å²) in [6, 6.07) is 8.97. The van der Waals surface area contributed by atoms with E-state index in [1.54, 1.807) is 24.5 Å². The monoisotopic (exact) mass is 224 g/mol. The van der Waals surface area contributed by atoms with Crippen LogP contribution in [0.15, 0.2) is 47.5 Å². The van der Waals surface area contributed by atoms with Crippen LogP contribution in [0.2, 0.25) is 0 Å². The first-order chi connectivity index (χ1) is 8.34. The Morgan fingerprint density at radius 2 is 1.94 bits per heavy atom. The molecule has 0 aliphatic carbocycles. The molecule has 0 spiro atoms. The molecule has 3 rings (SSSR count). The molecule has 0 saturated carbocycles. The molecule has 1 aromatic carbocycles. The largest absolute Gasteiger partial charge is 0.306 e. The van der Waals surface area contributed by atoms with Crippen LogP contribution >= 0.6 is 0 Å². The fourth-order valence-corrected chi connectivity index (χ4v) is 1.65. The molecule has 82 valence electrons. The number of benzene rings is 1. The van der Waals surface area contributed by atoms with Crippen molar-refractivity contribution in [1.29, 1.82) is 0 Å². The van der Waals surface area contributed by atoms with Gasteiger partial charge in [-0.15, -0.1) is 0 Å². The van der Waals surface area contributed by atoms with Crippen LogP contribution in [0, 0.1) is 0 Å². The number of rotatable bonds is 1. The molecule has 2 aromatic heterocycles. The number of aromatic nitrogens is 4. The number of para-hydroxylation sites is 1. The molecule has 3 aromatic rings. The molecular formula is C12H8N4O. The van der Waals surface area contributed by atoms with Gasteiger partial charge in [0.1, 0.15) is 5.82 Å². The van der Waals surface area contributed by atoms with Gasteiger partial charge in [-0.25, -0.2) is 4.98 Å². The van der Waals surface area contributed by atoms with Crippen LogP contribution in [0.4, 0.5) is 0 Å². The molecule has 0 aliphatic heterocycles. The summed E-state index contributed by atoms with van der Waals surface area (Å²) in [5.41, 5.74) is 1.26. The fourth-order valence-electron chi connectivity index (χ4n) is 1.65. The predicted molar refractivity (Wildman–Crippen MR) is 63.4 cm³/mol. The fraction of sp³-hybridized carbons (Fsp3) is 0. The van der Waals surface area contributed by atoms with Crippen molar-refractivity contribution in [2.24, 2.45) is 0 Å². The van der Waals surface area contributed by atoms with Gasteiger partial charge in [-0.2, -0.15) is 10.2 Å². The van der Waals surface area contributed by atoms with Gasteiger partial charge in [0.05, 0.1) is 23.3 Å². The van der Waals surface area contributed by atoms with Crippen molar-refractivity contribution >= 4 is 10.9 Å². The molecule has 0 bridgehead atoms. The van der Waals surface area contributed by atoms with Gasteiger partial charge in [0.25, 0.3) is 5.56 Å². The lowest BCUT2D eigenvalue weighted by Gasteiger charge is -2.01. The lowest BCUT2D eigenvalue weighted by molar-refractivity contribution is 1.02. The highest BCUT2D eigenvalue weighted by molar-refractivity contribution is 5.79. The number of H-pyrrole nitrogens is 1. The summed E-state index contributed by atoms with van der Waals surface area (Å²) in [6.07, 6.45) is 3.12. The Balaban J connectivity index is 2.30. The first kappa shape index (κ1) is 9.65. The summed E-state index contributed by atoms with van der Waals surface area (Å²) in [7, 11) is 0. The van der Waals surface area contributed by atoms with E-state index in [1.807, 2.05) is 18.2 Å². The van der Waals surface area contributed by atoms with E-state index in [4.69, 9.17) is 0 Å². The molecule has 5 nitrogen and oxygen atoms in total. The number of nitrogens with one attached hydrogen (secondary N) is 1. The minimum absolute atomic E-state index is 0.151. The number of nitrogens with zero attached hydrogens (tertiary/aromatic N) is 3. The van der Waals surface area contributed by atoms with Gasteiger partial charge in [0, 0.05) is 5.56 Å². The molecule has 0 fully saturated rings. The molecule has 0 amide bonds. The molecule has 0 atom stereocenters. The summed E-state index contributed by atoms with van der Waals surface area (Å²) < 4.78 is 0. The maximum atomic E-state index is 11.8. The summed E-state index contributed by atoms with van der Waals surface area (Å²) >= 11 is 0. The van der Waals surface area contributed by atoms with Crippen LogP contribution in [0.1, 0.15) is 0 Å². The normalized spacial score (nSPS) is 10.6. The second-order valence-corrected chi connectivity index (χ2v) is 3.56. The van der Waals surface area contributed by atoms with Crippen molar-refractivity contribution in [3.05, 3.63) is 53.1 Å². The Morgan fingerprint density at radius 3 is 2.76 bits per heavy atom. The van der Waals surface area contributed by atoms with E-state index in [1.165, 1.54) is 0 Å². The first-order valence-electron chi connectivity index (χ1n) is 5.11. The number of aromatic amines is 1. The van der Waals surface area contributed by atoms with Gasteiger partial charge in [0.15, 0.2) is 0 Å². The Morgan fingerprint density at radius 1 is 1.06 bits per heavy atom. The maximum Gasteiger partial charge on any atom is 0.259 e. The van der Waals surface area contributed by atoms with Gasteiger partial charge in [-0.1, -0.05) is 12.1 Å². The Hall–Kier alpha value is -2.56. The van der Waals surface area contributed by atoms with E-state index in [-0.39, 0.29) is 5.56 Å². The minimum atomic E-state index is -0.151. The predicted octanol–water partition coefficient (Wildman–Crippen LogP) is 1.38. The van der Waals surface area contributed by atoms with Gasteiger partial charge in [0.2, 0.25) is 0 Å². The van der Waals surface area contributed by atoms with E-state index in [0.29, 0.717) is 16.7 Å². The third-order valence-corrected chi connectivity index (χ3v) is 2.47. The Bertz CT molecular complexity index is 721. The van der Waals surface area contributed by atoms with Crippen LogP contribution in [0.25, 0.3) is 22.3 Å². The minimum Gasteiger partial charge on any atom is -0.306 e. The zero-order valence-corrected chi connectivity index (χ0v) is 8.79. The molecule has 0 unspecified atom stereocenters. The van der Waals surface area contributed by atoms with Crippen LogP contribution in [0.5, 0.6) is 0 Å². The first-order valence-corrected chi connectivity index (χ1v) is 5.11. The molecule has 17 heavy (non-hydrogen) atoms. The standard InChI is InChI=1S/C12H8N4O/c17-12-9-3-1-2-4-10(9)15-11(16-12)8-5-6-13-14-7-8/h1-7H,(H,15,16,17). The summed E-state index contributed by atoms with van der Waals surface area (Å²) in [4.78, 5) is 19.0. The Kier molecular flexibility index (Phi) is 2.15. The van der Waals surface area contributed by atoms with E-state index in [0.717, 1.165) is 5.56 Å². The van der Waals surface area contributed by atoms with Gasteiger partial charge < -0.3 is 4.98 Å². The van der Waals surface area contributed by atoms with E-state index in [9.17, 15) is 4.79 Å². The smallest absolute Gasteiger partial charge is 0.259 e. The van der Waals surface area contributed by atoms with Crippen molar-refractivity contribution < 1.29 is 0 Å². The molecule has 2 heterocycles. The molecule has 1 N–H and O–H groups in total. The van der Waals surface area contributed by atoms with Crippen molar-refractivity contribution in [3.63, 3.8) is 0 Å². The zero-order valence-electron chi connectivity index (χ0n) is 8.79. The molecule has 0 saturated heterocycles. The highest BCUT2D eigenvalue weighted by Gasteiger charge is 2.04. The highest BCUT2D eigenvalue weighted by atomic mass is 16.1. The number of hydrogen-bond donors (Lipinski definition) is 1. The van der Waals surface area contributed by atoms with Crippen LogP contribution in [-0.2, 0) is 0 Å².